The summed E-state index contributed by atoms with van der Waals surface area (Å²) in [5, 5.41) is 13.1. The second kappa shape index (κ2) is 5.60. The summed E-state index contributed by atoms with van der Waals surface area (Å²) in [6.07, 6.45) is 3.83. The van der Waals surface area contributed by atoms with Gasteiger partial charge >= 0.3 is 0 Å². The highest BCUT2D eigenvalue weighted by molar-refractivity contribution is 7.88. The smallest absolute Gasteiger partial charge is 0.217 e. The van der Waals surface area contributed by atoms with Crippen LogP contribution in [0.15, 0.2) is 10.6 Å². The van der Waals surface area contributed by atoms with Crippen molar-refractivity contribution in [3.63, 3.8) is 0 Å². The Kier molecular flexibility index (Phi) is 4.27. The summed E-state index contributed by atoms with van der Waals surface area (Å²) in [7, 11) is -3.44. The van der Waals surface area contributed by atoms with Crippen molar-refractivity contribution < 1.29 is 18.0 Å². The van der Waals surface area contributed by atoms with Crippen LogP contribution < -0.4 is 4.72 Å². The number of aliphatic hydroxyl groups excluding tert-OH is 1. The molecular weight excluding hydrogens is 268 g/mol. The second-order valence-corrected chi connectivity index (χ2v) is 7.18. The summed E-state index contributed by atoms with van der Waals surface area (Å²) in [5.41, 5.74) is 0.113. The van der Waals surface area contributed by atoms with Crippen molar-refractivity contribution in [1.82, 2.24) is 9.88 Å². The van der Waals surface area contributed by atoms with Gasteiger partial charge in [-0.1, -0.05) is 18.0 Å². The first-order chi connectivity index (χ1) is 8.95. The van der Waals surface area contributed by atoms with Crippen molar-refractivity contribution in [2.24, 2.45) is 5.41 Å². The van der Waals surface area contributed by atoms with Crippen molar-refractivity contribution in [3.8, 4) is 0 Å². The lowest BCUT2D eigenvalue weighted by molar-refractivity contribution is 0.134. The number of rotatable bonds is 6. The van der Waals surface area contributed by atoms with E-state index in [1.165, 1.54) is 0 Å². The third-order valence-electron chi connectivity index (χ3n) is 3.68. The number of aryl methyl sites for hydroxylation is 1. The maximum absolute atomic E-state index is 11.9. The van der Waals surface area contributed by atoms with Gasteiger partial charge in [0.2, 0.25) is 10.0 Å². The minimum absolute atomic E-state index is 0.0264. The van der Waals surface area contributed by atoms with Crippen LogP contribution in [-0.4, -0.2) is 31.8 Å². The average molecular weight is 288 g/mol. The van der Waals surface area contributed by atoms with Crippen LogP contribution in [0.5, 0.6) is 0 Å². The minimum Gasteiger partial charge on any atom is -0.396 e. The molecule has 2 N–H and O–H groups in total. The van der Waals surface area contributed by atoms with E-state index < -0.39 is 10.0 Å². The van der Waals surface area contributed by atoms with Crippen LogP contribution in [0.4, 0.5) is 0 Å². The van der Waals surface area contributed by atoms with Crippen molar-refractivity contribution in [3.05, 3.63) is 17.5 Å². The van der Waals surface area contributed by atoms with E-state index in [1.54, 1.807) is 13.0 Å². The maximum atomic E-state index is 11.9. The average Bonchev–Trinajstić information content (AvgIpc) is 2.97. The number of sulfonamides is 1. The third-order valence-corrected chi connectivity index (χ3v) is 4.94. The highest BCUT2D eigenvalue weighted by Gasteiger charge is 2.34. The predicted octanol–water partition coefficient (Wildman–Crippen LogP) is 0.955. The van der Waals surface area contributed by atoms with Crippen LogP contribution in [-0.2, 0) is 15.8 Å². The number of aliphatic hydroxyl groups is 1. The number of aromatic nitrogens is 1. The van der Waals surface area contributed by atoms with Crippen molar-refractivity contribution in [2.75, 3.05) is 13.2 Å². The van der Waals surface area contributed by atoms with Crippen LogP contribution in [0.1, 0.15) is 37.1 Å². The Morgan fingerprint density at radius 3 is 2.68 bits per heavy atom. The number of nitrogens with zero attached hydrogens (tertiary/aromatic N) is 1. The second-order valence-electron chi connectivity index (χ2n) is 5.37. The van der Waals surface area contributed by atoms with Gasteiger partial charge in [-0.3, -0.25) is 0 Å². The Balaban J connectivity index is 1.94. The summed E-state index contributed by atoms with van der Waals surface area (Å²) < 4.78 is 31.3. The molecule has 0 unspecified atom stereocenters. The van der Waals surface area contributed by atoms with Crippen molar-refractivity contribution >= 4 is 10.0 Å². The fraction of sp³-hybridized carbons (Fsp3) is 0.750. The molecule has 1 fully saturated rings. The Morgan fingerprint density at radius 2 is 2.16 bits per heavy atom. The van der Waals surface area contributed by atoms with Crippen LogP contribution in [0.3, 0.4) is 0 Å². The Morgan fingerprint density at radius 1 is 1.47 bits per heavy atom. The van der Waals surface area contributed by atoms with Gasteiger partial charge in [-0.2, -0.15) is 0 Å². The highest BCUT2D eigenvalue weighted by atomic mass is 32.2. The van der Waals surface area contributed by atoms with Gasteiger partial charge in [0.25, 0.3) is 0 Å². The van der Waals surface area contributed by atoms with E-state index in [0.717, 1.165) is 25.7 Å². The molecular formula is C12H20N2O4S. The van der Waals surface area contributed by atoms with Crippen molar-refractivity contribution in [2.45, 2.75) is 38.4 Å². The first-order valence-corrected chi connectivity index (χ1v) is 8.10. The van der Waals surface area contributed by atoms with E-state index in [2.05, 4.69) is 9.88 Å². The number of hydrogen-bond donors (Lipinski definition) is 2. The molecule has 0 aliphatic heterocycles. The van der Waals surface area contributed by atoms with Crippen LogP contribution in [0, 0.1) is 12.3 Å². The van der Waals surface area contributed by atoms with E-state index in [4.69, 9.17) is 4.52 Å². The Labute approximate surface area is 113 Å². The third kappa shape index (κ3) is 3.77. The van der Waals surface area contributed by atoms with Gasteiger partial charge in [0.1, 0.15) is 17.2 Å². The molecule has 1 heterocycles. The van der Waals surface area contributed by atoms with Crippen LogP contribution >= 0.6 is 0 Å². The first kappa shape index (κ1) is 14.5. The Hall–Kier alpha value is -0.920. The summed E-state index contributed by atoms with van der Waals surface area (Å²) in [6, 6.07) is 1.61. The van der Waals surface area contributed by atoms with Gasteiger partial charge in [-0.05, 0) is 19.8 Å². The van der Waals surface area contributed by atoms with Gasteiger partial charge in [0.15, 0.2) is 0 Å². The molecule has 1 saturated carbocycles. The van der Waals surface area contributed by atoms with E-state index in [0.29, 0.717) is 18.0 Å². The summed E-state index contributed by atoms with van der Waals surface area (Å²) >= 11 is 0. The molecule has 0 saturated heterocycles. The first-order valence-electron chi connectivity index (χ1n) is 6.45. The summed E-state index contributed by atoms with van der Waals surface area (Å²) in [6.45, 7) is 2.04. The van der Waals surface area contributed by atoms with E-state index >= 15 is 0 Å². The molecule has 19 heavy (non-hydrogen) atoms. The molecule has 6 nitrogen and oxygen atoms in total. The molecule has 0 spiro atoms. The molecule has 0 amide bonds. The van der Waals surface area contributed by atoms with E-state index in [9.17, 15) is 13.5 Å². The zero-order valence-electron chi connectivity index (χ0n) is 11.1. The maximum Gasteiger partial charge on any atom is 0.217 e. The van der Waals surface area contributed by atoms with Crippen LogP contribution in [0.25, 0.3) is 0 Å². The van der Waals surface area contributed by atoms with Gasteiger partial charge in [-0.15, -0.1) is 0 Å². The SMILES string of the molecule is Cc1cc(CS(=O)(=O)NCC2(CO)CCCC2)no1. The summed E-state index contributed by atoms with van der Waals surface area (Å²) in [5.74, 6) is 0.402. The fourth-order valence-electron chi connectivity index (χ4n) is 2.51. The molecule has 1 aromatic rings. The number of nitrogens with one attached hydrogen (secondary N) is 1. The van der Waals surface area contributed by atoms with Crippen LogP contribution in [0.2, 0.25) is 0 Å². The molecule has 1 aliphatic rings. The predicted molar refractivity (Wildman–Crippen MR) is 69.9 cm³/mol. The van der Waals surface area contributed by atoms with E-state index in [1.807, 2.05) is 0 Å². The lowest BCUT2D eigenvalue weighted by Gasteiger charge is -2.26. The highest BCUT2D eigenvalue weighted by Crippen LogP contribution is 2.37. The molecule has 0 aromatic carbocycles. The standard InChI is InChI=1S/C12H20N2O4S/c1-10-6-11(14-18-10)7-19(16,17)13-8-12(9-15)4-2-3-5-12/h6,13,15H,2-5,7-9H2,1H3. The molecule has 1 aliphatic carbocycles. The van der Waals surface area contributed by atoms with E-state index in [-0.39, 0.29) is 17.8 Å². The van der Waals surface area contributed by atoms with Gasteiger partial charge < -0.3 is 9.63 Å². The Bertz CT molecular complexity index is 518. The summed E-state index contributed by atoms with van der Waals surface area (Å²) in [4.78, 5) is 0. The largest absolute Gasteiger partial charge is 0.396 e. The molecule has 0 radical (unpaired) electrons. The molecule has 2 rings (SSSR count). The normalized spacial score (nSPS) is 18.8. The van der Waals surface area contributed by atoms with Gasteiger partial charge in [0, 0.05) is 24.6 Å². The molecule has 108 valence electrons. The lowest BCUT2D eigenvalue weighted by Crippen LogP contribution is -2.38. The molecule has 0 bridgehead atoms. The fourth-order valence-corrected chi connectivity index (χ4v) is 3.66. The topological polar surface area (TPSA) is 92.4 Å². The molecule has 1 aromatic heterocycles. The monoisotopic (exact) mass is 288 g/mol. The minimum atomic E-state index is -3.44. The lowest BCUT2D eigenvalue weighted by atomic mass is 9.88. The van der Waals surface area contributed by atoms with Crippen molar-refractivity contribution in [1.29, 1.82) is 0 Å². The zero-order valence-corrected chi connectivity index (χ0v) is 11.9. The van der Waals surface area contributed by atoms with Gasteiger partial charge in [0.05, 0.1) is 0 Å². The molecule has 7 heteroatoms. The molecule has 0 atom stereocenters. The number of hydrogen-bond acceptors (Lipinski definition) is 5. The quantitative estimate of drug-likeness (QED) is 0.813. The zero-order chi connectivity index (χ0) is 13.9. The van der Waals surface area contributed by atoms with Gasteiger partial charge in [-0.25, -0.2) is 13.1 Å².